The SMILES string of the molecule is COc1cc(C(=O)/C=C/c2ccccc2F)ccc1OC(F)F. The van der Waals surface area contributed by atoms with Gasteiger partial charge in [-0.15, -0.1) is 0 Å². The van der Waals surface area contributed by atoms with E-state index in [1.54, 1.807) is 12.1 Å². The molecule has 0 saturated carbocycles. The number of halogens is 3. The molecule has 0 aliphatic carbocycles. The van der Waals surface area contributed by atoms with Crippen LogP contribution in [0.25, 0.3) is 6.08 Å². The fraction of sp³-hybridized carbons (Fsp3) is 0.118. The van der Waals surface area contributed by atoms with Crippen molar-refractivity contribution in [2.45, 2.75) is 6.61 Å². The summed E-state index contributed by atoms with van der Waals surface area (Å²) in [6.07, 6.45) is 2.54. The third-order valence-electron chi connectivity index (χ3n) is 2.98. The lowest BCUT2D eigenvalue weighted by Crippen LogP contribution is -2.04. The van der Waals surface area contributed by atoms with E-state index in [1.807, 2.05) is 0 Å². The largest absolute Gasteiger partial charge is 0.493 e. The van der Waals surface area contributed by atoms with Gasteiger partial charge in [-0.2, -0.15) is 8.78 Å². The molecule has 6 heteroatoms. The van der Waals surface area contributed by atoms with Crippen LogP contribution >= 0.6 is 0 Å². The van der Waals surface area contributed by atoms with Crippen molar-refractivity contribution in [1.82, 2.24) is 0 Å². The minimum absolute atomic E-state index is 0.00967. The molecule has 0 atom stereocenters. The summed E-state index contributed by atoms with van der Waals surface area (Å²) in [6, 6.07) is 9.83. The summed E-state index contributed by atoms with van der Waals surface area (Å²) >= 11 is 0. The number of ether oxygens (including phenoxy) is 2. The van der Waals surface area contributed by atoms with Gasteiger partial charge in [0, 0.05) is 11.1 Å². The minimum atomic E-state index is -2.99. The highest BCUT2D eigenvalue weighted by Crippen LogP contribution is 2.29. The number of ketones is 1. The van der Waals surface area contributed by atoms with Gasteiger partial charge in [0.25, 0.3) is 0 Å². The van der Waals surface area contributed by atoms with E-state index in [2.05, 4.69) is 4.74 Å². The maximum absolute atomic E-state index is 13.5. The summed E-state index contributed by atoms with van der Waals surface area (Å²) < 4.78 is 47.2. The van der Waals surface area contributed by atoms with Gasteiger partial charge in [-0.05, 0) is 36.4 Å². The summed E-state index contributed by atoms with van der Waals surface area (Å²) in [5, 5.41) is 0. The molecule has 0 aromatic heterocycles. The van der Waals surface area contributed by atoms with Gasteiger partial charge < -0.3 is 9.47 Å². The second-order valence-electron chi connectivity index (χ2n) is 4.46. The molecule has 0 N–H and O–H groups in total. The summed E-state index contributed by atoms with van der Waals surface area (Å²) in [5.41, 5.74) is 0.474. The molecule has 3 nitrogen and oxygen atoms in total. The highest BCUT2D eigenvalue weighted by Gasteiger charge is 2.13. The number of methoxy groups -OCH3 is 1. The average molecular weight is 322 g/mol. The van der Waals surface area contributed by atoms with E-state index in [-0.39, 0.29) is 22.6 Å². The molecule has 2 aromatic carbocycles. The van der Waals surface area contributed by atoms with Crippen LogP contribution < -0.4 is 9.47 Å². The van der Waals surface area contributed by atoms with Crippen LogP contribution in [0.1, 0.15) is 15.9 Å². The molecule has 2 rings (SSSR count). The number of allylic oxidation sites excluding steroid dienone is 1. The van der Waals surface area contributed by atoms with Crippen molar-refractivity contribution >= 4 is 11.9 Å². The lowest BCUT2D eigenvalue weighted by atomic mass is 10.1. The maximum atomic E-state index is 13.5. The maximum Gasteiger partial charge on any atom is 0.387 e. The Morgan fingerprint density at radius 3 is 2.52 bits per heavy atom. The molecular formula is C17H13F3O3. The van der Waals surface area contributed by atoms with Crippen molar-refractivity contribution in [3.63, 3.8) is 0 Å². The smallest absolute Gasteiger partial charge is 0.387 e. The van der Waals surface area contributed by atoms with Gasteiger partial charge >= 0.3 is 6.61 Å². The lowest BCUT2D eigenvalue weighted by Gasteiger charge is -2.10. The standard InChI is InChI=1S/C17H13F3O3/c1-22-16-10-12(7-9-15(16)23-17(19)20)14(21)8-6-11-4-2-3-5-13(11)18/h2-10,17H,1H3/b8-6+. The third-order valence-corrected chi connectivity index (χ3v) is 2.98. The molecule has 0 spiro atoms. The van der Waals surface area contributed by atoms with Crippen molar-refractivity contribution < 1.29 is 27.4 Å². The number of carbonyl (C=O) groups is 1. The first-order valence-corrected chi connectivity index (χ1v) is 6.61. The molecule has 0 fully saturated rings. The summed E-state index contributed by atoms with van der Waals surface area (Å²) in [6.45, 7) is -2.99. The number of rotatable bonds is 6. The lowest BCUT2D eigenvalue weighted by molar-refractivity contribution is -0.0512. The highest BCUT2D eigenvalue weighted by molar-refractivity contribution is 6.07. The van der Waals surface area contributed by atoms with Crippen LogP contribution in [0.3, 0.4) is 0 Å². The fourth-order valence-electron chi connectivity index (χ4n) is 1.89. The normalized spacial score (nSPS) is 11.0. The van der Waals surface area contributed by atoms with Crippen LogP contribution in [0, 0.1) is 5.82 Å². The Hall–Kier alpha value is -2.76. The first kappa shape index (κ1) is 16.6. The number of carbonyl (C=O) groups excluding carboxylic acids is 1. The molecule has 0 unspecified atom stereocenters. The molecule has 0 amide bonds. The number of benzene rings is 2. The molecule has 120 valence electrons. The summed E-state index contributed by atoms with van der Waals surface area (Å²) in [5.74, 6) is -1.03. The number of hydrogen-bond donors (Lipinski definition) is 0. The predicted octanol–water partition coefficient (Wildman–Crippen LogP) is 4.33. The average Bonchev–Trinajstić information content (AvgIpc) is 2.53. The topological polar surface area (TPSA) is 35.5 Å². The van der Waals surface area contributed by atoms with Crippen LogP contribution in [0.4, 0.5) is 13.2 Å². The second-order valence-corrected chi connectivity index (χ2v) is 4.46. The van der Waals surface area contributed by atoms with Gasteiger partial charge in [0.05, 0.1) is 7.11 Å². The van der Waals surface area contributed by atoms with Crippen molar-refractivity contribution in [3.05, 3.63) is 65.5 Å². The molecule has 0 bridgehead atoms. The number of alkyl halides is 2. The van der Waals surface area contributed by atoms with E-state index in [0.717, 1.165) is 0 Å². The van der Waals surface area contributed by atoms with Crippen LogP contribution in [-0.2, 0) is 0 Å². The van der Waals surface area contributed by atoms with Crippen LogP contribution in [0.15, 0.2) is 48.5 Å². The van der Waals surface area contributed by atoms with Crippen molar-refractivity contribution in [2.24, 2.45) is 0 Å². The summed E-state index contributed by atoms with van der Waals surface area (Å²) in [7, 11) is 1.27. The Kier molecular flexibility index (Phi) is 5.41. The zero-order chi connectivity index (χ0) is 16.8. The van der Waals surface area contributed by atoms with Gasteiger partial charge in [0.1, 0.15) is 5.82 Å². The molecule has 0 radical (unpaired) electrons. The van der Waals surface area contributed by atoms with Gasteiger partial charge in [-0.3, -0.25) is 4.79 Å². The minimum Gasteiger partial charge on any atom is -0.493 e. The monoisotopic (exact) mass is 322 g/mol. The van der Waals surface area contributed by atoms with Crippen LogP contribution in [0.5, 0.6) is 11.5 Å². The molecule has 0 heterocycles. The predicted molar refractivity (Wildman–Crippen MR) is 79.4 cm³/mol. The first-order chi connectivity index (χ1) is 11.0. The van der Waals surface area contributed by atoms with Gasteiger partial charge in [0.2, 0.25) is 0 Å². The number of hydrogen-bond acceptors (Lipinski definition) is 3. The highest BCUT2D eigenvalue weighted by atomic mass is 19.3. The molecule has 0 aliphatic rings. The zero-order valence-corrected chi connectivity index (χ0v) is 12.1. The van der Waals surface area contributed by atoms with E-state index in [1.165, 1.54) is 49.6 Å². The van der Waals surface area contributed by atoms with E-state index in [4.69, 9.17) is 4.74 Å². The third kappa shape index (κ3) is 4.35. The molecular weight excluding hydrogens is 309 g/mol. The molecule has 0 aliphatic heterocycles. The first-order valence-electron chi connectivity index (χ1n) is 6.61. The van der Waals surface area contributed by atoms with E-state index >= 15 is 0 Å². The van der Waals surface area contributed by atoms with Gasteiger partial charge in [0.15, 0.2) is 17.3 Å². The Morgan fingerprint density at radius 2 is 1.87 bits per heavy atom. The van der Waals surface area contributed by atoms with Crippen molar-refractivity contribution in [1.29, 1.82) is 0 Å². The Labute approximate surface area is 131 Å². The van der Waals surface area contributed by atoms with Crippen LogP contribution in [-0.4, -0.2) is 19.5 Å². The van der Waals surface area contributed by atoms with Gasteiger partial charge in [-0.25, -0.2) is 4.39 Å². The fourth-order valence-corrected chi connectivity index (χ4v) is 1.89. The zero-order valence-electron chi connectivity index (χ0n) is 12.1. The second kappa shape index (κ2) is 7.49. The Bertz CT molecular complexity index is 727. The molecule has 2 aromatic rings. The Balaban J connectivity index is 2.21. The summed E-state index contributed by atoms with van der Waals surface area (Å²) in [4.78, 5) is 12.1. The van der Waals surface area contributed by atoms with E-state index < -0.39 is 18.2 Å². The Morgan fingerprint density at radius 1 is 1.13 bits per heavy atom. The molecule has 0 saturated heterocycles. The van der Waals surface area contributed by atoms with Crippen molar-refractivity contribution in [3.8, 4) is 11.5 Å². The van der Waals surface area contributed by atoms with Gasteiger partial charge in [-0.1, -0.05) is 18.2 Å². The van der Waals surface area contributed by atoms with Crippen molar-refractivity contribution in [2.75, 3.05) is 7.11 Å². The quantitative estimate of drug-likeness (QED) is 0.586. The molecule has 23 heavy (non-hydrogen) atoms. The van der Waals surface area contributed by atoms with E-state index in [0.29, 0.717) is 0 Å². The van der Waals surface area contributed by atoms with E-state index in [9.17, 15) is 18.0 Å². The van der Waals surface area contributed by atoms with Crippen LogP contribution in [0.2, 0.25) is 0 Å².